The molecule has 2 aliphatic rings. The van der Waals surface area contributed by atoms with Gasteiger partial charge in [-0.1, -0.05) is 49.1 Å². The van der Waals surface area contributed by atoms with Gasteiger partial charge in [-0.3, -0.25) is 4.79 Å². The molecule has 1 aromatic rings. The Kier molecular flexibility index (Phi) is 4.82. The SMILES string of the molecule is Cc1ccc(C2(C(=O)OC3CCCCO3)CCCCC2)cc1. The van der Waals surface area contributed by atoms with Gasteiger partial charge in [0.2, 0.25) is 6.29 Å². The molecule has 1 unspecified atom stereocenters. The molecule has 22 heavy (non-hydrogen) atoms. The van der Waals surface area contributed by atoms with E-state index in [2.05, 4.69) is 31.2 Å². The van der Waals surface area contributed by atoms with Gasteiger partial charge in [0, 0.05) is 6.42 Å². The van der Waals surface area contributed by atoms with Crippen LogP contribution in [0.5, 0.6) is 0 Å². The monoisotopic (exact) mass is 302 g/mol. The maximum atomic E-state index is 13.0. The highest BCUT2D eigenvalue weighted by Gasteiger charge is 2.43. The average molecular weight is 302 g/mol. The molecule has 1 saturated carbocycles. The van der Waals surface area contributed by atoms with Crippen LogP contribution in [0.15, 0.2) is 24.3 Å². The second-order valence-electron chi connectivity index (χ2n) is 6.71. The van der Waals surface area contributed by atoms with E-state index < -0.39 is 5.41 Å². The maximum Gasteiger partial charge on any atom is 0.318 e. The van der Waals surface area contributed by atoms with Crippen LogP contribution in [0.4, 0.5) is 0 Å². The van der Waals surface area contributed by atoms with Crippen molar-refractivity contribution in [2.75, 3.05) is 6.61 Å². The fourth-order valence-corrected chi connectivity index (χ4v) is 3.67. The van der Waals surface area contributed by atoms with Crippen molar-refractivity contribution in [1.82, 2.24) is 0 Å². The lowest BCUT2D eigenvalue weighted by molar-refractivity contribution is -0.194. The quantitative estimate of drug-likeness (QED) is 0.782. The number of esters is 1. The van der Waals surface area contributed by atoms with Gasteiger partial charge in [0.1, 0.15) is 0 Å². The molecule has 1 aromatic carbocycles. The normalized spacial score (nSPS) is 24.7. The number of aryl methyl sites for hydroxylation is 1. The summed E-state index contributed by atoms with van der Waals surface area (Å²) in [6.45, 7) is 2.78. The minimum atomic E-state index is -0.466. The predicted molar refractivity (Wildman–Crippen MR) is 85.6 cm³/mol. The van der Waals surface area contributed by atoms with Gasteiger partial charge in [-0.15, -0.1) is 0 Å². The topological polar surface area (TPSA) is 35.5 Å². The Hall–Kier alpha value is -1.35. The molecule has 0 spiro atoms. The van der Waals surface area contributed by atoms with Gasteiger partial charge in [0.05, 0.1) is 12.0 Å². The van der Waals surface area contributed by atoms with Crippen LogP contribution in [-0.4, -0.2) is 18.9 Å². The minimum absolute atomic E-state index is 0.0806. The third kappa shape index (κ3) is 3.19. The van der Waals surface area contributed by atoms with Crippen molar-refractivity contribution in [3.63, 3.8) is 0 Å². The second-order valence-corrected chi connectivity index (χ2v) is 6.71. The molecule has 120 valence electrons. The molecule has 3 nitrogen and oxygen atoms in total. The molecule has 1 heterocycles. The van der Waals surface area contributed by atoms with Crippen LogP contribution in [-0.2, 0) is 19.7 Å². The highest BCUT2D eigenvalue weighted by molar-refractivity contribution is 5.83. The fraction of sp³-hybridized carbons (Fsp3) is 0.632. The molecule has 3 rings (SSSR count). The van der Waals surface area contributed by atoms with Crippen molar-refractivity contribution >= 4 is 5.97 Å². The second kappa shape index (κ2) is 6.82. The van der Waals surface area contributed by atoms with Crippen molar-refractivity contribution < 1.29 is 14.3 Å². The first kappa shape index (κ1) is 15.5. The number of ether oxygens (including phenoxy) is 2. The van der Waals surface area contributed by atoms with Crippen LogP contribution in [0, 0.1) is 6.92 Å². The van der Waals surface area contributed by atoms with Crippen LogP contribution < -0.4 is 0 Å². The molecular weight excluding hydrogens is 276 g/mol. The number of carbonyl (C=O) groups excluding carboxylic acids is 1. The Labute approximate surface area is 133 Å². The molecule has 0 N–H and O–H groups in total. The molecule has 2 fully saturated rings. The smallest absolute Gasteiger partial charge is 0.318 e. The molecular formula is C19H26O3. The number of hydrogen-bond donors (Lipinski definition) is 0. The summed E-state index contributed by atoms with van der Waals surface area (Å²) in [5, 5.41) is 0. The van der Waals surface area contributed by atoms with Crippen LogP contribution in [0.1, 0.15) is 62.5 Å². The molecule has 1 atom stereocenters. The summed E-state index contributed by atoms with van der Waals surface area (Å²) in [6.07, 6.45) is 7.81. The van der Waals surface area contributed by atoms with E-state index in [0.29, 0.717) is 6.61 Å². The predicted octanol–water partition coefficient (Wildman–Crippen LogP) is 4.27. The van der Waals surface area contributed by atoms with Crippen molar-refractivity contribution in [3.8, 4) is 0 Å². The Morgan fingerprint density at radius 3 is 2.45 bits per heavy atom. The number of hydrogen-bond acceptors (Lipinski definition) is 3. The largest absolute Gasteiger partial charge is 0.435 e. The summed E-state index contributed by atoms with van der Waals surface area (Å²) in [5.41, 5.74) is 1.87. The van der Waals surface area contributed by atoms with Crippen molar-refractivity contribution in [1.29, 1.82) is 0 Å². The molecule has 3 heteroatoms. The molecule has 0 aromatic heterocycles. The van der Waals surface area contributed by atoms with Crippen molar-refractivity contribution in [3.05, 3.63) is 35.4 Å². The average Bonchev–Trinajstić information content (AvgIpc) is 2.57. The standard InChI is InChI=1S/C19H26O3/c1-15-8-10-16(11-9-15)19(12-4-2-5-13-19)18(20)22-17-7-3-6-14-21-17/h8-11,17H,2-7,12-14H2,1H3. The lowest BCUT2D eigenvalue weighted by Crippen LogP contribution is -2.42. The highest BCUT2D eigenvalue weighted by atomic mass is 16.7. The third-order valence-electron chi connectivity index (χ3n) is 5.08. The van der Waals surface area contributed by atoms with Gasteiger partial charge in [-0.25, -0.2) is 0 Å². The molecule has 1 aliphatic carbocycles. The Morgan fingerprint density at radius 2 is 1.82 bits per heavy atom. The zero-order valence-corrected chi connectivity index (χ0v) is 13.5. The Morgan fingerprint density at radius 1 is 1.09 bits per heavy atom. The zero-order chi connectivity index (χ0) is 15.4. The van der Waals surface area contributed by atoms with E-state index in [0.717, 1.165) is 50.5 Å². The Bertz CT molecular complexity index is 494. The van der Waals surface area contributed by atoms with E-state index in [9.17, 15) is 4.79 Å². The first-order valence-electron chi connectivity index (χ1n) is 8.61. The maximum absolute atomic E-state index is 13.0. The summed E-state index contributed by atoms with van der Waals surface area (Å²) in [4.78, 5) is 13.0. The van der Waals surface area contributed by atoms with Crippen molar-refractivity contribution in [2.24, 2.45) is 0 Å². The van der Waals surface area contributed by atoms with E-state index in [1.807, 2.05) is 0 Å². The lowest BCUT2D eigenvalue weighted by atomic mass is 9.69. The van der Waals surface area contributed by atoms with Gasteiger partial charge in [-0.2, -0.15) is 0 Å². The van der Waals surface area contributed by atoms with Crippen molar-refractivity contribution in [2.45, 2.75) is 70.0 Å². The van der Waals surface area contributed by atoms with Gasteiger partial charge < -0.3 is 9.47 Å². The highest BCUT2D eigenvalue weighted by Crippen LogP contribution is 2.41. The van der Waals surface area contributed by atoms with Crippen LogP contribution in [0.3, 0.4) is 0 Å². The first-order chi connectivity index (χ1) is 10.7. The summed E-state index contributed by atoms with van der Waals surface area (Å²) in [7, 11) is 0. The van der Waals surface area contributed by atoms with E-state index in [1.165, 1.54) is 12.0 Å². The molecule has 0 radical (unpaired) electrons. The first-order valence-corrected chi connectivity index (χ1v) is 8.61. The van der Waals surface area contributed by atoms with Gasteiger partial charge >= 0.3 is 5.97 Å². The van der Waals surface area contributed by atoms with Crippen LogP contribution in [0.2, 0.25) is 0 Å². The molecule has 1 aliphatic heterocycles. The summed E-state index contributed by atoms with van der Waals surface area (Å²) < 4.78 is 11.4. The summed E-state index contributed by atoms with van der Waals surface area (Å²) in [6, 6.07) is 8.39. The zero-order valence-electron chi connectivity index (χ0n) is 13.5. The number of benzene rings is 1. The van der Waals surface area contributed by atoms with Gasteiger partial charge in [0.25, 0.3) is 0 Å². The van der Waals surface area contributed by atoms with E-state index in [1.54, 1.807) is 0 Å². The number of carbonyl (C=O) groups is 1. The van der Waals surface area contributed by atoms with Crippen LogP contribution in [0.25, 0.3) is 0 Å². The van der Waals surface area contributed by atoms with Crippen LogP contribution >= 0.6 is 0 Å². The van der Waals surface area contributed by atoms with Gasteiger partial charge in [-0.05, 0) is 38.2 Å². The molecule has 0 amide bonds. The van der Waals surface area contributed by atoms with Gasteiger partial charge in [0.15, 0.2) is 0 Å². The Balaban J connectivity index is 1.81. The molecule has 0 bridgehead atoms. The van der Waals surface area contributed by atoms with E-state index in [4.69, 9.17) is 9.47 Å². The lowest BCUT2D eigenvalue weighted by Gasteiger charge is -2.37. The molecule has 1 saturated heterocycles. The van der Waals surface area contributed by atoms with E-state index in [-0.39, 0.29) is 12.3 Å². The minimum Gasteiger partial charge on any atom is -0.435 e. The summed E-state index contributed by atoms with van der Waals surface area (Å²) in [5.74, 6) is -0.0806. The fourth-order valence-electron chi connectivity index (χ4n) is 3.67. The summed E-state index contributed by atoms with van der Waals surface area (Å²) >= 11 is 0. The number of rotatable bonds is 3. The van der Waals surface area contributed by atoms with E-state index >= 15 is 0 Å². The third-order valence-corrected chi connectivity index (χ3v) is 5.08.